The molecule has 0 amide bonds. The minimum atomic E-state index is 0. The molecule has 2 aliphatic rings. The highest BCUT2D eigenvalue weighted by Gasteiger charge is 2.43. The molecule has 1 aliphatic heterocycles. The summed E-state index contributed by atoms with van der Waals surface area (Å²) in [6.07, 6.45) is 2.46. The van der Waals surface area contributed by atoms with Crippen LogP contribution in [0.2, 0.25) is 0 Å². The molecule has 25 heavy (non-hydrogen) atoms. The van der Waals surface area contributed by atoms with E-state index in [1.807, 2.05) is 0 Å². The lowest BCUT2D eigenvalue weighted by atomic mass is 9.78. The first-order valence-electron chi connectivity index (χ1n) is 9.63. The summed E-state index contributed by atoms with van der Waals surface area (Å²) in [4.78, 5) is 2.64. The molecule has 0 unspecified atom stereocenters. The van der Waals surface area contributed by atoms with E-state index in [4.69, 9.17) is 0 Å². The molecule has 0 aromatic heterocycles. The first-order valence-corrected chi connectivity index (χ1v) is 9.63. The van der Waals surface area contributed by atoms with Crippen molar-refractivity contribution in [3.8, 4) is 0 Å². The molecule has 2 heteroatoms. The van der Waals surface area contributed by atoms with E-state index in [2.05, 4.69) is 68.1 Å². The van der Waals surface area contributed by atoms with Crippen molar-refractivity contribution in [2.75, 3.05) is 19.6 Å². The predicted molar refractivity (Wildman–Crippen MR) is 109 cm³/mol. The van der Waals surface area contributed by atoms with Crippen molar-refractivity contribution in [2.24, 2.45) is 5.92 Å². The van der Waals surface area contributed by atoms with Gasteiger partial charge in [0.25, 0.3) is 0 Å². The fourth-order valence-electron chi connectivity index (χ4n) is 4.94. The zero-order valence-corrected chi connectivity index (χ0v) is 16.5. The highest BCUT2D eigenvalue weighted by atomic mass is 35.5. The number of fused-ring (bicyclic) bond motifs is 3. The van der Waals surface area contributed by atoms with Crippen LogP contribution in [0.5, 0.6) is 0 Å². The number of piperidine rings is 1. The van der Waals surface area contributed by atoms with Gasteiger partial charge in [0.2, 0.25) is 0 Å². The molecule has 1 heterocycles. The van der Waals surface area contributed by atoms with Gasteiger partial charge in [-0.2, -0.15) is 0 Å². The molecule has 0 N–H and O–H groups in total. The van der Waals surface area contributed by atoms with Crippen LogP contribution in [0.1, 0.15) is 59.9 Å². The molecule has 0 radical (unpaired) electrons. The average molecular weight is 356 g/mol. The third-order valence-corrected chi connectivity index (χ3v) is 6.36. The topological polar surface area (TPSA) is 3.24 Å². The van der Waals surface area contributed by atoms with Crippen LogP contribution in [0, 0.1) is 12.8 Å². The number of aryl methyl sites for hydroxylation is 2. The maximum absolute atomic E-state index is 2.64. The monoisotopic (exact) mass is 355 g/mol. The largest absolute Gasteiger partial charge is 0.303 e. The van der Waals surface area contributed by atoms with Gasteiger partial charge in [-0.25, -0.2) is 0 Å². The zero-order valence-electron chi connectivity index (χ0n) is 15.7. The molecule has 4 rings (SSSR count). The highest BCUT2D eigenvalue weighted by molar-refractivity contribution is 5.85. The molecule has 134 valence electrons. The average Bonchev–Trinajstić information content (AvgIpc) is 2.95. The second-order valence-corrected chi connectivity index (χ2v) is 7.66. The normalized spacial score (nSPS) is 25.2. The second-order valence-electron chi connectivity index (χ2n) is 7.66. The van der Waals surface area contributed by atoms with E-state index in [9.17, 15) is 0 Å². The van der Waals surface area contributed by atoms with Crippen molar-refractivity contribution in [1.82, 2.24) is 4.90 Å². The van der Waals surface area contributed by atoms with E-state index in [0.29, 0.717) is 11.8 Å². The first-order chi connectivity index (χ1) is 11.7. The summed E-state index contributed by atoms with van der Waals surface area (Å²) >= 11 is 0. The lowest BCUT2D eigenvalue weighted by molar-refractivity contribution is 0.167. The van der Waals surface area contributed by atoms with Crippen molar-refractivity contribution in [2.45, 2.75) is 45.4 Å². The molecule has 0 spiro atoms. The van der Waals surface area contributed by atoms with Crippen LogP contribution >= 0.6 is 12.4 Å². The molecule has 1 saturated heterocycles. The summed E-state index contributed by atoms with van der Waals surface area (Å²) in [7, 11) is 0. The Bertz CT molecular complexity index is 721. The van der Waals surface area contributed by atoms with Gasteiger partial charge in [0.1, 0.15) is 0 Å². The van der Waals surface area contributed by atoms with Crippen molar-refractivity contribution in [3.05, 3.63) is 70.3 Å². The summed E-state index contributed by atoms with van der Waals surface area (Å²) in [6, 6.07) is 16.6. The third-order valence-electron chi connectivity index (χ3n) is 6.36. The van der Waals surface area contributed by atoms with Crippen LogP contribution in [-0.2, 0) is 6.42 Å². The van der Waals surface area contributed by atoms with E-state index in [1.54, 1.807) is 11.1 Å². The Morgan fingerprint density at radius 3 is 2.44 bits per heavy atom. The molecular formula is C23H30ClN. The van der Waals surface area contributed by atoms with Crippen LogP contribution < -0.4 is 0 Å². The number of hydrogen-bond acceptors (Lipinski definition) is 1. The third kappa shape index (κ3) is 3.25. The van der Waals surface area contributed by atoms with Gasteiger partial charge in [-0.1, -0.05) is 61.9 Å². The van der Waals surface area contributed by atoms with Crippen LogP contribution in [0.3, 0.4) is 0 Å². The second kappa shape index (κ2) is 7.51. The lowest BCUT2D eigenvalue weighted by Crippen LogP contribution is -2.38. The molecule has 0 saturated carbocycles. The van der Waals surface area contributed by atoms with Crippen molar-refractivity contribution in [3.63, 3.8) is 0 Å². The van der Waals surface area contributed by atoms with Crippen LogP contribution in [0.15, 0.2) is 42.5 Å². The van der Waals surface area contributed by atoms with Gasteiger partial charge < -0.3 is 4.90 Å². The van der Waals surface area contributed by atoms with Crippen molar-refractivity contribution in [1.29, 1.82) is 0 Å². The van der Waals surface area contributed by atoms with Gasteiger partial charge in [0.15, 0.2) is 0 Å². The maximum Gasteiger partial charge on any atom is 0.0127 e. The van der Waals surface area contributed by atoms with Gasteiger partial charge in [-0.15, -0.1) is 12.4 Å². The first kappa shape index (κ1) is 18.5. The standard InChI is InChI=1S/C23H29N.ClH/c1-4-17-8-11-19-21(14-17)23(18-9-6-16(3)7-10-18)20-12-13-24(5-2)15-22(19)20;/h6-11,14,20,22-23H,4-5,12-13,15H2,1-3H3;1H/t20-,22-,23+;/m1./s1. The SMILES string of the molecule is CCc1ccc2c(c1)[C@@H](c1ccc(C)cc1)[C@@H]1CCN(CC)C[C@H]21.Cl. The Kier molecular flexibility index (Phi) is 5.55. The van der Waals surface area contributed by atoms with E-state index in [0.717, 1.165) is 12.3 Å². The minimum absolute atomic E-state index is 0. The summed E-state index contributed by atoms with van der Waals surface area (Å²) in [5.74, 6) is 2.08. The zero-order chi connectivity index (χ0) is 16.7. The van der Waals surface area contributed by atoms with Gasteiger partial charge >= 0.3 is 0 Å². The summed E-state index contributed by atoms with van der Waals surface area (Å²) in [5, 5.41) is 0. The van der Waals surface area contributed by atoms with E-state index >= 15 is 0 Å². The number of benzene rings is 2. The molecule has 1 nitrogen and oxygen atoms in total. The number of likely N-dealkylation sites (tertiary alicyclic amines) is 1. The summed E-state index contributed by atoms with van der Waals surface area (Å²) in [6.45, 7) is 10.4. The smallest absolute Gasteiger partial charge is 0.0127 e. The Morgan fingerprint density at radius 2 is 1.76 bits per heavy atom. The molecular weight excluding hydrogens is 326 g/mol. The van der Waals surface area contributed by atoms with E-state index in [1.165, 1.54) is 42.7 Å². The number of rotatable bonds is 3. The van der Waals surface area contributed by atoms with Gasteiger partial charge in [-0.3, -0.25) is 0 Å². The van der Waals surface area contributed by atoms with E-state index in [-0.39, 0.29) is 12.4 Å². The van der Waals surface area contributed by atoms with Crippen molar-refractivity contribution >= 4 is 12.4 Å². The molecule has 1 fully saturated rings. The minimum Gasteiger partial charge on any atom is -0.303 e. The number of halogens is 1. The van der Waals surface area contributed by atoms with Gasteiger partial charge in [0.05, 0.1) is 0 Å². The molecule has 0 bridgehead atoms. The fourth-order valence-corrected chi connectivity index (χ4v) is 4.94. The lowest BCUT2D eigenvalue weighted by Gasteiger charge is -2.37. The van der Waals surface area contributed by atoms with Gasteiger partial charge in [0, 0.05) is 18.4 Å². The number of nitrogens with zero attached hydrogens (tertiary/aromatic N) is 1. The van der Waals surface area contributed by atoms with E-state index < -0.39 is 0 Å². The Morgan fingerprint density at radius 1 is 1.00 bits per heavy atom. The fraction of sp³-hybridized carbons (Fsp3) is 0.478. The van der Waals surface area contributed by atoms with Crippen LogP contribution in [0.4, 0.5) is 0 Å². The molecule has 1 aliphatic carbocycles. The molecule has 3 atom stereocenters. The molecule has 2 aromatic rings. The Labute approximate surface area is 158 Å². The van der Waals surface area contributed by atoms with Crippen LogP contribution in [0.25, 0.3) is 0 Å². The van der Waals surface area contributed by atoms with Crippen LogP contribution in [-0.4, -0.2) is 24.5 Å². The quantitative estimate of drug-likeness (QED) is 0.697. The van der Waals surface area contributed by atoms with Gasteiger partial charge in [-0.05, 0) is 61.0 Å². The summed E-state index contributed by atoms with van der Waals surface area (Å²) < 4.78 is 0. The van der Waals surface area contributed by atoms with Crippen molar-refractivity contribution < 1.29 is 0 Å². The summed E-state index contributed by atoms with van der Waals surface area (Å²) in [5.41, 5.74) is 7.60. The Hall–Kier alpha value is -1.31. The predicted octanol–water partition coefficient (Wildman–Crippen LogP) is 5.55. The Balaban J connectivity index is 0.00000182. The maximum atomic E-state index is 2.64. The number of likely N-dealkylation sites (N-methyl/N-ethyl adjacent to an activating group) is 1. The number of hydrogen-bond donors (Lipinski definition) is 0. The molecule has 2 aromatic carbocycles. The highest BCUT2D eigenvalue weighted by Crippen LogP contribution is 2.53.